The number of amides is 1. The van der Waals surface area contributed by atoms with Crippen LogP contribution in [0.15, 0.2) is 42.5 Å². The van der Waals surface area contributed by atoms with E-state index in [0.29, 0.717) is 0 Å². The van der Waals surface area contributed by atoms with Crippen molar-refractivity contribution in [3.63, 3.8) is 0 Å². The largest absolute Gasteiger partial charge is 0.368 e. The number of nitrogens with zero attached hydrogens (tertiary/aromatic N) is 2. The standard InChI is InChI=1S/C19H21ClN2O/c1-14-4-3-5-16(12-14)19(23)22-10-8-21(9-11-22)17-7-6-15(2)18(20)13-17/h3-7,12-13H,8-11H2,1-2H3. The summed E-state index contributed by atoms with van der Waals surface area (Å²) in [5.74, 6) is 0.121. The topological polar surface area (TPSA) is 23.6 Å². The van der Waals surface area contributed by atoms with E-state index in [-0.39, 0.29) is 5.91 Å². The van der Waals surface area contributed by atoms with Crippen LogP contribution in [-0.4, -0.2) is 37.0 Å². The predicted molar refractivity (Wildman–Crippen MR) is 95.5 cm³/mol. The van der Waals surface area contributed by atoms with E-state index in [9.17, 15) is 4.79 Å². The maximum Gasteiger partial charge on any atom is 0.253 e. The smallest absolute Gasteiger partial charge is 0.253 e. The molecule has 120 valence electrons. The number of hydrogen-bond acceptors (Lipinski definition) is 2. The minimum absolute atomic E-state index is 0.121. The zero-order valence-corrected chi connectivity index (χ0v) is 14.3. The summed E-state index contributed by atoms with van der Waals surface area (Å²) in [5.41, 5.74) is 4.10. The SMILES string of the molecule is Cc1cccc(C(=O)N2CCN(c3ccc(C)c(Cl)c3)CC2)c1. The molecule has 1 fully saturated rings. The van der Waals surface area contributed by atoms with Crippen LogP contribution in [0.25, 0.3) is 0 Å². The molecule has 4 heteroatoms. The van der Waals surface area contributed by atoms with E-state index in [1.807, 2.05) is 55.1 Å². The fraction of sp³-hybridized carbons (Fsp3) is 0.316. The van der Waals surface area contributed by atoms with Crippen molar-refractivity contribution in [2.24, 2.45) is 0 Å². The quantitative estimate of drug-likeness (QED) is 0.834. The molecule has 1 saturated heterocycles. The second kappa shape index (κ2) is 6.63. The van der Waals surface area contributed by atoms with Crippen molar-refractivity contribution in [3.05, 3.63) is 64.2 Å². The van der Waals surface area contributed by atoms with Crippen LogP contribution in [0.2, 0.25) is 5.02 Å². The Morgan fingerprint density at radius 3 is 2.39 bits per heavy atom. The normalized spacial score (nSPS) is 14.9. The fourth-order valence-electron chi connectivity index (χ4n) is 2.91. The van der Waals surface area contributed by atoms with Gasteiger partial charge in [0.15, 0.2) is 0 Å². The summed E-state index contributed by atoms with van der Waals surface area (Å²) in [4.78, 5) is 16.8. The van der Waals surface area contributed by atoms with Crippen molar-refractivity contribution in [2.75, 3.05) is 31.1 Å². The zero-order valence-electron chi connectivity index (χ0n) is 13.6. The Labute approximate surface area is 142 Å². The number of hydrogen-bond donors (Lipinski definition) is 0. The maximum atomic E-state index is 12.6. The second-order valence-corrected chi connectivity index (χ2v) is 6.49. The van der Waals surface area contributed by atoms with Crippen molar-refractivity contribution in [1.29, 1.82) is 0 Å². The summed E-state index contributed by atoms with van der Waals surface area (Å²) in [5, 5.41) is 0.792. The average Bonchev–Trinajstić information content (AvgIpc) is 2.57. The molecule has 0 atom stereocenters. The van der Waals surface area contributed by atoms with Crippen LogP contribution in [0.1, 0.15) is 21.5 Å². The van der Waals surface area contributed by atoms with Gasteiger partial charge >= 0.3 is 0 Å². The van der Waals surface area contributed by atoms with E-state index in [1.54, 1.807) is 0 Å². The van der Waals surface area contributed by atoms with Gasteiger partial charge in [-0.25, -0.2) is 0 Å². The average molecular weight is 329 g/mol. The van der Waals surface area contributed by atoms with Gasteiger partial charge in [0.05, 0.1) is 0 Å². The molecule has 0 aromatic heterocycles. The molecule has 0 N–H and O–H groups in total. The van der Waals surface area contributed by atoms with Crippen molar-refractivity contribution in [3.8, 4) is 0 Å². The third-order valence-corrected chi connectivity index (χ3v) is 4.76. The van der Waals surface area contributed by atoms with Gasteiger partial charge < -0.3 is 9.80 Å². The van der Waals surface area contributed by atoms with Crippen LogP contribution in [0.5, 0.6) is 0 Å². The Morgan fingerprint density at radius 1 is 1.00 bits per heavy atom. The van der Waals surface area contributed by atoms with Crippen LogP contribution in [0.4, 0.5) is 5.69 Å². The first-order valence-corrected chi connectivity index (χ1v) is 8.29. The summed E-state index contributed by atoms with van der Waals surface area (Å²) >= 11 is 6.22. The third kappa shape index (κ3) is 3.50. The highest BCUT2D eigenvalue weighted by molar-refractivity contribution is 6.31. The van der Waals surface area contributed by atoms with Gasteiger partial charge in [0.1, 0.15) is 0 Å². The molecule has 23 heavy (non-hydrogen) atoms. The number of rotatable bonds is 2. The van der Waals surface area contributed by atoms with Crippen molar-refractivity contribution in [1.82, 2.24) is 4.90 Å². The number of carbonyl (C=O) groups is 1. The van der Waals surface area contributed by atoms with E-state index in [0.717, 1.165) is 53.6 Å². The van der Waals surface area contributed by atoms with E-state index in [1.165, 1.54) is 0 Å². The van der Waals surface area contributed by atoms with Crippen molar-refractivity contribution >= 4 is 23.2 Å². The highest BCUT2D eigenvalue weighted by Crippen LogP contribution is 2.24. The molecule has 1 aliphatic rings. The van der Waals surface area contributed by atoms with Gasteiger partial charge in [-0.05, 0) is 43.7 Å². The maximum absolute atomic E-state index is 12.6. The van der Waals surface area contributed by atoms with E-state index >= 15 is 0 Å². The second-order valence-electron chi connectivity index (χ2n) is 6.08. The summed E-state index contributed by atoms with van der Waals surface area (Å²) in [6.07, 6.45) is 0. The lowest BCUT2D eigenvalue weighted by Gasteiger charge is -2.36. The molecule has 0 bridgehead atoms. The number of benzene rings is 2. The van der Waals surface area contributed by atoms with Crippen LogP contribution in [-0.2, 0) is 0 Å². The van der Waals surface area contributed by atoms with E-state index in [2.05, 4.69) is 11.0 Å². The molecule has 0 saturated carbocycles. The predicted octanol–water partition coefficient (Wildman–Crippen LogP) is 3.92. The molecular weight excluding hydrogens is 308 g/mol. The van der Waals surface area contributed by atoms with E-state index in [4.69, 9.17) is 11.6 Å². The number of anilines is 1. The Balaban J connectivity index is 1.66. The number of halogens is 1. The molecule has 3 nitrogen and oxygen atoms in total. The summed E-state index contributed by atoms with van der Waals surface area (Å²) in [7, 11) is 0. The zero-order chi connectivity index (χ0) is 16.4. The van der Waals surface area contributed by atoms with Gasteiger partial charge in [0, 0.05) is 42.5 Å². The first-order chi connectivity index (χ1) is 11.0. The molecule has 0 aliphatic carbocycles. The molecule has 1 amide bonds. The Morgan fingerprint density at radius 2 is 1.74 bits per heavy atom. The lowest BCUT2D eigenvalue weighted by atomic mass is 10.1. The lowest BCUT2D eigenvalue weighted by Crippen LogP contribution is -2.48. The lowest BCUT2D eigenvalue weighted by molar-refractivity contribution is 0.0746. The van der Waals surface area contributed by atoms with Crippen molar-refractivity contribution < 1.29 is 4.79 Å². The first-order valence-electron chi connectivity index (χ1n) is 7.91. The molecule has 1 heterocycles. The van der Waals surface area contributed by atoms with Crippen molar-refractivity contribution in [2.45, 2.75) is 13.8 Å². The minimum atomic E-state index is 0.121. The Bertz CT molecular complexity index is 721. The van der Waals surface area contributed by atoms with Gasteiger partial charge in [-0.15, -0.1) is 0 Å². The summed E-state index contributed by atoms with van der Waals surface area (Å²) in [6.45, 7) is 7.14. The molecule has 0 unspecified atom stereocenters. The van der Waals surface area contributed by atoms with Gasteiger partial charge in [-0.1, -0.05) is 35.4 Å². The molecule has 3 rings (SSSR count). The van der Waals surface area contributed by atoms with Gasteiger partial charge in [0.2, 0.25) is 0 Å². The Kier molecular flexibility index (Phi) is 4.58. The van der Waals surface area contributed by atoms with Gasteiger partial charge in [-0.3, -0.25) is 4.79 Å². The van der Waals surface area contributed by atoms with Gasteiger partial charge in [-0.2, -0.15) is 0 Å². The number of carbonyl (C=O) groups excluding carboxylic acids is 1. The minimum Gasteiger partial charge on any atom is -0.368 e. The number of piperazine rings is 1. The van der Waals surface area contributed by atoms with Crippen LogP contribution < -0.4 is 4.90 Å². The molecule has 2 aromatic rings. The first kappa shape index (κ1) is 15.9. The molecule has 1 aliphatic heterocycles. The van der Waals surface area contributed by atoms with E-state index < -0.39 is 0 Å². The molecular formula is C19H21ClN2O. The molecule has 0 spiro atoms. The highest BCUT2D eigenvalue weighted by atomic mass is 35.5. The molecule has 0 radical (unpaired) electrons. The summed E-state index contributed by atoms with van der Waals surface area (Å²) in [6, 6.07) is 13.9. The molecule has 2 aromatic carbocycles. The Hall–Kier alpha value is -2.00. The van der Waals surface area contributed by atoms with Crippen LogP contribution in [0.3, 0.4) is 0 Å². The fourth-order valence-corrected chi connectivity index (χ4v) is 3.08. The third-order valence-electron chi connectivity index (χ3n) is 4.35. The van der Waals surface area contributed by atoms with Crippen LogP contribution in [0, 0.1) is 13.8 Å². The monoisotopic (exact) mass is 328 g/mol. The summed E-state index contributed by atoms with van der Waals surface area (Å²) < 4.78 is 0. The number of aryl methyl sites for hydroxylation is 2. The highest BCUT2D eigenvalue weighted by Gasteiger charge is 2.22. The van der Waals surface area contributed by atoms with Crippen LogP contribution >= 0.6 is 11.6 Å². The van der Waals surface area contributed by atoms with Gasteiger partial charge in [0.25, 0.3) is 5.91 Å².